The number of fused-ring (bicyclic) bond motifs is 1. The van der Waals surface area contributed by atoms with Gasteiger partial charge in [-0.3, -0.25) is 0 Å². The maximum absolute atomic E-state index is 10.4. The molecule has 22 heavy (non-hydrogen) atoms. The molecule has 120 valence electrons. The Morgan fingerprint density at radius 3 is 2.77 bits per heavy atom. The van der Waals surface area contributed by atoms with E-state index in [0.717, 1.165) is 18.7 Å². The molecule has 1 N–H and O–H groups in total. The molecule has 0 radical (unpaired) electrons. The van der Waals surface area contributed by atoms with E-state index < -0.39 is 6.10 Å². The molecule has 1 aliphatic rings. The summed E-state index contributed by atoms with van der Waals surface area (Å²) in [6, 6.07) is 8.32. The van der Waals surface area contributed by atoms with Gasteiger partial charge in [-0.25, -0.2) is 9.13 Å². The summed E-state index contributed by atoms with van der Waals surface area (Å²) in [6.45, 7) is 3.11. The molecule has 1 aromatic heterocycles. The molecular formula is C18H27N2O2+. The van der Waals surface area contributed by atoms with Gasteiger partial charge in [0.25, 0.3) is 5.82 Å². The lowest BCUT2D eigenvalue weighted by Crippen LogP contribution is -2.32. The van der Waals surface area contributed by atoms with Crippen molar-refractivity contribution in [2.24, 2.45) is 7.05 Å². The summed E-state index contributed by atoms with van der Waals surface area (Å²) in [6.07, 6.45) is 6.03. The van der Waals surface area contributed by atoms with E-state index in [2.05, 4.69) is 41.3 Å². The fourth-order valence-electron chi connectivity index (χ4n) is 3.48. The zero-order valence-electron chi connectivity index (χ0n) is 13.7. The number of nitrogens with zero attached hydrogens (tertiary/aromatic N) is 2. The first-order valence-corrected chi connectivity index (χ1v) is 8.40. The molecular weight excluding hydrogens is 276 g/mol. The van der Waals surface area contributed by atoms with Gasteiger partial charge in [-0.05, 0) is 25.0 Å². The van der Waals surface area contributed by atoms with Crippen LogP contribution in [0.1, 0.15) is 37.9 Å². The Kier molecular flexibility index (Phi) is 4.79. The highest BCUT2D eigenvalue weighted by Gasteiger charge is 2.22. The summed E-state index contributed by atoms with van der Waals surface area (Å²) in [5.41, 5.74) is 2.36. The molecule has 0 unspecified atom stereocenters. The lowest BCUT2D eigenvalue weighted by Gasteiger charge is -2.23. The first kappa shape index (κ1) is 15.5. The Bertz CT molecular complexity index is 629. The van der Waals surface area contributed by atoms with Crippen molar-refractivity contribution in [3.05, 3.63) is 30.1 Å². The van der Waals surface area contributed by atoms with Gasteiger partial charge >= 0.3 is 0 Å². The van der Waals surface area contributed by atoms with E-state index in [1.807, 2.05) is 6.07 Å². The van der Waals surface area contributed by atoms with Crippen molar-refractivity contribution in [1.29, 1.82) is 0 Å². The smallest absolute Gasteiger partial charge is 0.254 e. The first-order valence-electron chi connectivity index (χ1n) is 8.40. The molecule has 0 bridgehead atoms. The van der Waals surface area contributed by atoms with Crippen LogP contribution in [0.4, 0.5) is 0 Å². The Morgan fingerprint density at radius 1 is 1.27 bits per heavy atom. The number of aryl methyl sites for hydroxylation is 1. The van der Waals surface area contributed by atoms with E-state index in [0.29, 0.717) is 19.3 Å². The maximum Gasteiger partial charge on any atom is 0.254 e. The highest BCUT2D eigenvalue weighted by atomic mass is 16.5. The average molecular weight is 303 g/mol. The van der Waals surface area contributed by atoms with E-state index in [1.165, 1.54) is 30.3 Å². The van der Waals surface area contributed by atoms with Crippen molar-refractivity contribution in [3.8, 4) is 0 Å². The predicted molar refractivity (Wildman–Crippen MR) is 86.7 cm³/mol. The second kappa shape index (κ2) is 6.80. The van der Waals surface area contributed by atoms with Crippen LogP contribution in [0.15, 0.2) is 24.3 Å². The zero-order chi connectivity index (χ0) is 15.5. The molecule has 0 spiro atoms. The number of para-hydroxylation sites is 2. The second-order valence-corrected chi connectivity index (χ2v) is 6.45. The summed E-state index contributed by atoms with van der Waals surface area (Å²) >= 11 is 0. The molecule has 4 heteroatoms. The summed E-state index contributed by atoms with van der Waals surface area (Å²) in [4.78, 5) is 0. The van der Waals surface area contributed by atoms with Crippen LogP contribution < -0.4 is 4.57 Å². The SMILES string of the molecule is Cc1n(C[C@H](O)COC2CCCCC2)c2ccccc2[n+]1C. The average Bonchev–Trinajstić information content (AvgIpc) is 2.79. The van der Waals surface area contributed by atoms with Crippen molar-refractivity contribution in [3.63, 3.8) is 0 Å². The Morgan fingerprint density at radius 2 is 2.00 bits per heavy atom. The molecule has 1 aromatic carbocycles. The monoisotopic (exact) mass is 303 g/mol. The molecule has 3 rings (SSSR count). The van der Waals surface area contributed by atoms with Crippen molar-refractivity contribution >= 4 is 11.0 Å². The first-order chi connectivity index (χ1) is 10.7. The number of aliphatic hydroxyl groups is 1. The molecule has 1 saturated carbocycles. The van der Waals surface area contributed by atoms with Crippen LogP contribution in [0, 0.1) is 6.92 Å². The van der Waals surface area contributed by atoms with E-state index in [1.54, 1.807) is 0 Å². The van der Waals surface area contributed by atoms with Gasteiger partial charge < -0.3 is 9.84 Å². The van der Waals surface area contributed by atoms with E-state index in [4.69, 9.17) is 4.74 Å². The van der Waals surface area contributed by atoms with Gasteiger partial charge in [-0.15, -0.1) is 0 Å². The van der Waals surface area contributed by atoms with Gasteiger partial charge in [0.1, 0.15) is 12.6 Å². The fraction of sp³-hybridized carbons (Fsp3) is 0.611. The fourth-order valence-corrected chi connectivity index (χ4v) is 3.48. The summed E-state index contributed by atoms with van der Waals surface area (Å²) < 4.78 is 10.3. The largest absolute Gasteiger partial charge is 0.387 e. The molecule has 4 nitrogen and oxygen atoms in total. The normalized spacial score (nSPS) is 18.0. The quantitative estimate of drug-likeness (QED) is 0.862. The van der Waals surface area contributed by atoms with Gasteiger partial charge in [0.2, 0.25) is 0 Å². The van der Waals surface area contributed by atoms with Crippen LogP contribution in [0.3, 0.4) is 0 Å². The molecule has 1 atom stereocenters. The minimum atomic E-state index is -0.462. The van der Waals surface area contributed by atoms with Gasteiger partial charge in [-0.2, -0.15) is 0 Å². The highest BCUT2D eigenvalue weighted by Crippen LogP contribution is 2.20. The van der Waals surface area contributed by atoms with Crippen LogP contribution in [-0.4, -0.2) is 28.5 Å². The molecule has 1 fully saturated rings. The van der Waals surface area contributed by atoms with Crippen molar-refractivity contribution < 1.29 is 14.4 Å². The van der Waals surface area contributed by atoms with Gasteiger partial charge in [0.15, 0.2) is 11.0 Å². The van der Waals surface area contributed by atoms with Crippen LogP contribution in [-0.2, 0) is 18.3 Å². The highest BCUT2D eigenvalue weighted by molar-refractivity contribution is 5.72. The third-order valence-electron chi connectivity index (χ3n) is 4.88. The Balaban J connectivity index is 1.66. The van der Waals surface area contributed by atoms with Crippen LogP contribution in [0.2, 0.25) is 0 Å². The second-order valence-electron chi connectivity index (χ2n) is 6.45. The molecule has 1 aliphatic carbocycles. The van der Waals surface area contributed by atoms with Gasteiger partial charge in [0.05, 0.1) is 19.8 Å². The van der Waals surface area contributed by atoms with Crippen LogP contribution >= 0.6 is 0 Å². The van der Waals surface area contributed by atoms with Gasteiger partial charge in [0, 0.05) is 6.92 Å². The Labute approximate surface area is 132 Å². The number of imidazole rings is 1. The maximum atomic E-state index is 10.4. The summed E-state index contributed by atoms with van der Waals surface area (Å²) in [5.74, 6) is 1.15. The predicted octanol–water partition coefficient (Wildman–Crippen LogP) is 2.48. The number of hydrogen-bond donors (Lipinski definition) is 1. The number of rotatable bonds is 5. The van der Waals surface area contributed by atoms with Gasteiger partial charge in [-0.1, -0.05) is 31.4 Å². The molecule has 2 aromatic rings. The zero-order valence-corrected chi connectivity index (χ0v) is 13.7. The molecule has 1 heterocycles. The molecule has 0 aliphatic heterocycles. The molecule has 0 saturated heterocycles. The Hall–Kier alpha value is -1.39. The minimum Gasteiger partial charge on any atom is -0.387 e. The van der Waals surface area contributed by atoms with Crippen molar-refractivity contribution in [2.45, 2.75) is 57.8 Å². The number of ether oxygens (including phenoxy) is 1. The van der Waals surface area contributed by atoms with Crippen LogP contribution in [0.5, 0.6) is 0 Å². The van der Waals surface area contributed by atoms with E-state index in [-0.39, 0.29) is 0 Å². The van der Waals surface area contributed by atoms with E-state index in [9.17, 15) is 5.11 Å². The third kappa shape index (κ3) is 3.18. The number of benzene rings is 1. The third-order valence-corrected chi connectivity index (χ3v) is 4.88. The molecule has 0 amide bonds. The number of hydrogen-bond acceptors (Lipinski definition) is 2. The summed E-state index contributed by atoms with van der Waals surface area (Å²) in [5, 5.41) is 10.4. The van der Waals surface area contributed by atoms with Crippen LogP contribution in [0.25, 0.3) is 11.0 Å². The minimum absolute atomic E-state index is 0.349. The van der Waals surface area contributed by atoms with Crippen molar-refractivity contribution in [2.75, 3.05) is 6.61 Å². The van der Waals surface area contributed by atoms with Crippen molar-refractivity contribution in [1.82, 2.24) is 4.57 Å². The lowest BCUT2D eigenvalue weighted by molar-refractivity contribution is -0.652. The lowest BCUT2D eigenvalue weighted by atomic mass is 9.98. The standard InChI is InChI=1S/C18H27N2O2/c1-14-19(2)17-10-6-7-11-18(17)20(14)12-15(21)13-22-16-8-4-3-5-9-16/h6-7,10-11,15-16,21H,3-5,8-9,12-13H2,1-2H3/q+1/t15-/m0/s1. The number of aromatic nitrogens is 2. The van der Waals surface area contributed by atoms with E-state index >= 15 is 0 Å². The number of aliphatic hydroxyl groups excluding tert-OH is 1. The summed E-state index contributed by atoms with van der Waals surface area (Å²) in [7, 11) is 2.07. The topological polar surface area (TPSA) is 38.3 Å².